The summed E-state index contributed by atoms with van der Waals surface area (Å²) in [6.07, 6.45) is 5.94. The molecule has 3 aromatic heterocycles. The van der Waals surface area contributed by atoms with Gasteiger partial charge in [0.05, 0.1) is 24.5 Å². The van der Waals surface area contributed by atoms with Crippen LogP contribution in [0.1, 0.15) is 36.8 Å². The van der Waals surface area contributed by atoms with Crippen molar-refractivity contribution < 1.29 is 9.53 Å². The summed E-state index contributed by atoms with van der Waals surface area (Å²) >= 11 is 5.86. The van der Waals surface area contributed by atoms with Gasteiger partial charge < -0.3 is 24.8 Å². The zero-order chi connectivity index (χ0) is 25.1. The Morgan fingerprint density at radius 3 is 2.58 bits per heavy atom. The van der Waals surface area contributed by atoms with Crippen LogP contribution in [0.25, 0.3) is 5.82 Å². The molecule has 2 atom stereocenters. The van der Waals surface area contributed by atoms with Crippen molar-refractivity contribution in [2.45, 2.75) is 25.4 Å². The van der Waals surface area contributed by atoms with Gasteiger partial charge in [-0.2, -0.15) is 0 Å². The number of amides is 1. The van der Waals surface area contributed by atoms with Gasteiger partial charge in [0.2, 0.25) is 5.91 Å². The summed E-state index contributed by atoms with van der Waals surface area (Å²) in [5, 5.41) is 6.94. The quantitative estimate of drug-likeness (QED) is 0.354. The molecule has 0 radical (unpaired) electrons. The molecule has 1 aromatic carbocycles. The molecule has 0 spiro atoms. The van der Waals surface area contributed by atoms with E-state index in [1.54, 1.807) is 19.5 Å². The van der Waals surface area contributed by atoms with Crippen LogP contribution in [0.5, 0.6) is 5.75 Å². The topological polar surface area (TPSA) is 84.3 Å². The van der Waals surface area contributed by atoms with E-state index in [0.29, 0.717) is 23.0 Å². The number of hydrogen-bond acceptors (Lipinski definition) is 5. The Labute approximate surface area is 215 Å². The molecule has 1 aliphatic rings. The van der Waals surface area contributed by atoms with Gasteiger partial charge in [0, 0.05) is 42.5 Å². The summed E-state index contributed by atoms with van der Waals surface area (Å²) in [4.78, 5) is 23.3. The molecule has 36 heavy (non-hydrogen) atoms. The highest BCUT2D eigenvalue weighted by atomic mass is 32.1. The van der Waals surface area contributed by atoms with Crippen LogP contribution in [-0.4, -0.2) is 32.7 Å². The molecule has 0 saturated carbocycles. The van der Waals surface area contributed by atoms with E-state index in [1.807, 2.05) is 73.8 Å². The van der Waals surface area contributed by atoms with Gasteiger partial charge in [-0.25, -0.2) is 4.98 Å². The lowest BCUT2D eigenvalue weighted by Crippen LogP contribution is -2.30. The van der Waals surface area contributed by atoms with Crippen LogP contribution in [0.2, 0.25) is 0 Å². The van der Waals surface area contributed by atoms with Gasteiger partial charge in [-0.1, -0.05) is 19.1 Å². The Kier molecular flexibility index (Phi) is 6.64. The van der Waals surface area contributed by atoms with Crippen molar-refractivity contribution in [1.82, 2.24) is 19.9 Å². The van der Waals surface area contributed by atoms with Crippen molar-refractivity contribution >= 4 is 34.6 Å². The molecule has 9 heteroatoms. The van der Waals surface area contributed by atoms with Crippen LogP contribution in [0.15, 0.2) is 85.3 Å². The van der Waals surface area contributed by atoms with Crippen molar-refractivity contribution in [2.24, 2.45) is 0 Å². The number of anilines is 2. The second-order valence-electron chi connectivity index (χ2n) is 8.27. The van der Waals surface area contributed by atoms with Crippen molar-refractivity contribution in [3.05, 3.63) is 96.7 Å². The monoisotopic (exact) mass is 498 g/mol. The normalized spacial score (nSPS) is 17.1. The van der Waals surface area contributed by atoms with Gasteiger partial charge >= 0.3 is 0 Å². The van der Waals surface area contributed by atoms with E-state index in [-0.39, 0.29) is 18.0 Å². The molecule has 0 unspecified atom stereocenters. The second-order valence-corrected chi connectivity index (χ2v) is 8.66. The summed E-state index contributed by atoms with van der Waals surface area (Å²) in [7, 11) is 1.58. The first-order chi connectivity index (χ1) is 17.6. The molecule has 4 heterocycles. The number of aromatic nitrogens is 3. The highest BCUT2D eigenvalue weighted by molar-refractivity contribution is 7.80. The Hall–Kier alpha value is -4.24. The fourth-order valence-electron chi connectivity index (χ4n) is 4.45. The highest BCUT2D eigenvalue weighted by Crippen LogP contribution is 2.43. The average Bonchev–Trinajstić information content (AvgIpc) is 3.54. The third-order valence-corrected chi connectivity index (χ3v) is 6.45. The number of nitrogens with one attached hydrogen (secondary N) is 2. The Morgan fingerprint density at radius 2 is 1.89 bits per heavy atom. The average molecular weight is 499 g/mol. The zero-order valence-electron chi connectivity index (χ0n) is 20.0. The second kappa shape index (κ2) is 10.2. The van der Waals surface area contributed by atoms with E-state index >= 15 is 0 Å². The fourth-order valence-corrected chi connectivity index (χ4v) is 4.79. The van der Waals surface area contributed by atoms with Crippen molar-refractivity contribution in [3.63, 3.8) is 0 Å². The lowest BCUT2D eigenvalue weighted by molar-refractivity contribution is -0.115. The number of nitrogens with zero attached hydrogens (tertiary/aromatic N) is 4. The number of methoxy groups -OCH3 is 1. The standard InChI is InChI=1S/C27H26N6O2S/c1-3-24(34)30-19-13-12-18(17-22(19)35-2)33-26(25(31-27(33)36)20-9-4-6-14-28-20)21-10-8-16-32(21)23-11-5-7-15-29-23/h4-17,25-26H,3H2,1-2H3,(H,30,34)(H,31,36)/t25-,26+/m1/s1. The molecular formula is C27H26N6O2S. The van der Waals surface area contributed by atoms with E-state index < -0.39 is 0 Å². The predicted octanol–water partition coefficient (Wildman–Crippen LogP) is 4.80. The fraction of sp³-hybridized carbons (Fsp3) is 0.185. The SMILES string of the molecule is CCC(=O)Nc1ccc(N2C(=S)N[C@H](c3ccccn3)[C@@H]2c2cccn2-c2ccccn2)cc1OC. The van der Waals surface area contributed by atoms with Gasteiger partial charge in [-0.15, -0.1) is 0 Å². The molecule has 1 amide bonds. The third-order valence-electron chi connectivity index (χ3n) is 6.14. The van der Waals surface area contributed by atoms with E-state index in [1.165, 1.54) is 0 Å². The summed E-state index contributed by atoms with van der Waals surface area (Å²) in [5.74, 6) is 1.28. The predicted molar refractivity (Wildman–Crippen MR) is 143 cm³/mol. The highest BCUT2D eigenvalue weighted by Gasteiger charge is 2.42. The molecule has 1 saturated heterocycles. The number of ether oxygens (including phenoxy) is 1. The number of rotatable bonds is 7. The number of carbonyl (C=O) groups is 1. The zero-order valence-corrected chi connectivity index (χ0v) is 20.8. The first kappa shape index (κ1) is 23.5. The number of thiocarbonyl (C=S) groups is 1. The minimum Gasteiger partial charge on any atom is -0.494 e. The van der Waals surface area contributed by atoms with Gasteiger partial charge in [0.1, 0.15) is 17.6 Å². The van der Waals surface area contributed by atoms with Crippen molar-refractivity contribution in [3.8, 4) is 11.6 Å². The van der Waals surface area contributed by atoms with E-state index in [2.05, 4.69) is 36.1 Å². The van der Waals surface area contributed by atoms with Crippen LogP contribution in [0, 0.1) is 0 Å². The third kappa shape index (κ3) is 4.40. The number of hydrogen-bond donors (Lipinski definition) is 2. The maximum atomic E-state index is 12.0. The Morgan fingerprint density at radius 1 is 1.08 bits per heavy atom. The number of carbonyl (C=O) groups excluding carboxylic acids is 1. The van der Waals surface area contributed by atoms with Crippen LogP contribution < -0.4 is 20.3 Å². The molecule has 2 N–H and O–H groups in total. The maximum absolute atomic E-state index is 12.0. The Balaban J connectivity index is 1.62. The maximum Gasteiger partial charge on any atom is 0.224 e. The van der Waals surface area contributed by atoms with Crippen LogP contribution in [-0.2, 0) is 4.79 Å². The molecule has 0 aliphatic carbocycles. The minimum atomic E-state index is -0.231. The van der Waals surface area contributed by atoms with E-state index in [4.69, 9.17) is 17.0 Å². The largest absolute Gasteiger partial charge is 0.494 e. The first-order valence-electron chi connectivity index (χ1n) is 11.7. The molecule has 1 aliphatic heterocycles. The molecule has 4 aromatic rings. The molecule has 5 rings (SSSR count). The molecule has 182 valence electrons. The van der Waals surface area contributed by atoms with Gasteiger partial charge in [0.25, 0.3) is 0 Å². The lowest BCUT2D eigenvalue weighted by Gasteiger charge is -2.29. The summed E-state index contributed by atoms with van der Waals surface area (Å²) < 4.78 is 7.69. The lowest BCUT2D eigenvalue weighted by atomic mass is 10.0. The van der Waals surface area contributed by atoms with Crippen LogP contribution in [0.3, 0.4) is 0 Å². The number of pyridine rings is 2. The van der Waals surface area contributed by atoms with Gasteiger partial charge in [-0.05, 0) is 60.7 Å². The van der Waals surface area contributed by atoms with Gasteiger partial charge in [-0.3, -0.25) is 9.78 Å². The summed E-state index contributed by atoms with van der Waals surface area (Å²) in [6.45, 7) is 1.81. The molecule has 0 bridgehead atoms. The summed E-state index contributed by atoms with van der Waals surface area (Å²) in [5.41, 5.74) is 3.32. The van der Waals surface area contributed by atoms with Crippen LogP contribution in [0.4, 0.5) is 11.4 Å². The molecular weight excluding hydrogens is 472 g/mol. The van der Waals surface area contributed by atoms with E-state index in [0.717, 1.165) is 22.9 Å². The minimum absolute atomic E-state index is 0.0827. The van der Waals surface area contributed by atoms with Crippen molar-refractivity contribution in [1.29, 1.82) is 0 Å². The van der Waals surface area contributed by atoms with Crippen molar-refractivity contribution in [2.75, 3.05) is 17.3 Å². The smallest absolute Gasteiger partial charge is 0.224 e. The van der Waals surface area contributed by atoms with E-state index in [9.17, 15) is 4.79 Å². The molecule has 8 nitrogen and oxygen atoms in total. The number of benzene rings is 1. The van der Waals surface area contributed by atoms with Gasteiger partial charge in [0.15, 0.2) is 5.11 Å². The molecule has 1 fully saturated rings. The van der Waals surface area contributed by atoms with Crippen LogP contribution >= 0.6 is 12.2 Å². The first-order valence-corrected chi connectivity index (χ1v) is 12.1. The summed E-state index contributed by atoms with van der Waals surface area (Å²) in [6, 6.07) is 21.0. The Bertz CT molecular complexity index is 1380.